The lowest BCUT2D eigenvalue weighted by Crippen LogP contribution is -2.34. The first-order chi connectivity index (χ1) is 9.93. The van der Waals surface area contributed by atoms with Gasteiger partial charge in [0.15, 0.2) is 5.78 Å². The summed E-state index contributed by atoms with van der Waals surface area (Å²) in [6.07, 6.45) is 2.85. The number of hydrogen-bond donors (Lipinski definition) is 2. The van der Waals surface area contributed by atoms with E-state index < -0.39 is 7.12 Å². The standard InChI is InChI=1S/C17H19BO3/c1-9-7-8-14-16(15(9)11(3)19)10(2)12-5-4-6-13(12)17(14)18(20)21/h7-8,20-21H,4-6H2,1-3H3. The predicted molar refractivity (Wildman–Crippen MR) is 85.3 cm³/mol. The molecule has 0 saturated carbocycles. The van der Waals surface area contributed by atoms with Gasteiger partial charge in [-0.05, 0) is 78.5 Å². The van der Waals surface area contributed by atoms with E-state index in [1.54, 1.807) is 6.92 Å². The third kappa shape index (κ3) is 2.02. The second-order valence-corrected chi connectivity index (χ2v) is 5.96. The maximum Gasteiger partial charge on any atom is 0.489 e. The number of aryl methyl sites for hydroxylation is 2. The van der Waals surface area contributed by atoms with Gasteiger partial charge in [-0.1, -0.05) is 12.1 Å². The molecule has 0 aliphatic heterocycles. The van der Waals surface area contributed by atoms with Crippen LogP contribution in [0.15, 0.2) is 12.1 Å². The summed E-state index contributed by atoms with van der Waals surface area (Å²) >= 11 is 0. The van der Waals surface area contributed by atoms with E-state index in [1.165, 1.54) is 5.56 Å². The van der Waals surface area contributed by atoms with Gasteiger partial charge in [-0.3, -0.25) is 4.79 Å². The van der Waals surface area contributed by atoms with Crippen molar-refractivity contribution in [1.29, 1.82) is 0 Å². The van der Waals surface area contributed by atoms with Crippen LogP contribution in [-0.4, -0.2) is 22.9 Å². The molecule has 4 heteroatoms. The van der Waals surface area contributed by atoms with Gasteiger partial charge in [-0.25, -0.2) is 0 Å². The van der Waals surface area contributed by atoms with Crippen molar-refractivity contribution in [1.82, 2.24) is 0 Å². The molecule has 1 aliphatic carbocycles. The number of rotatable bonds is 2. The summed E-state index contributed by atoms with van der Waals surface area (Å²) in [5, 5.41) is 21.4. The molecule has 3 nitrogen and oxygen atoms in total. The molecule has 0 spiro atoms. The third-order valence-corrected chi connectivity index (χ3v) is 4.68. The number of Topliss-reactive ketones (excluding diaryl/α,β-unsaturated/α-hetero) is 1. The van der Waals surface area contributed by atoms with E-state index in [0.717, 1.165) is 46.7 Å². The number of carbonyl (C=O) groups excluding carboxylic acids is 1. The molecule has 21 heavy (non-hydrogen) atoms. The molecule has 2 aromatic rings. The largest absolute Gasteiger partial charge is 0.489 e. The molecule has 2 aromatic carbocycles. The normalized spacial score (nSPS) is 13.6. The molecular weight excluding hydrogens is 263 g/mol. The zero-order chi connectivity index (χ0) is 15.3. The molecule has 1 aliphatic rings. The fraction of sp³-hybridized carbons (Fsp3) is 0.353. The molecule has 0 bridgehead atoms. The van der Waals surface area contributed by atoms with Crippen molar-refractivity contribution in [3.63, 3.8) is 0 Å². The summed E-state index contributed by atoms with van der Waals surface area (Å²) in [7, 11) is -1.50. The molecule has 0 unspecified atom stereocenters. The minimum atomic E-state index is -1.50. The van der Waals surface area contributed by atoms with Crippen molar-refractivity contribution in [2.75, 3.05) is 0 Å². The van der Waals surface area contributed by atoms with Crippen molar-refractivity contribution in [2.24, 2.45) is 0 Å². The molecule has 2 N–H and O–H groups in total. The maximum absolute atomic E-state index is 12.1. The van der Waals surface area contributed by atoms with Crippen molar-refractivity contribution in [3.05, 3.63) is 39.9 Å². The van der Waals surface area contributed by atoms with Gasteiger partial charge < -0.3 is 10.0 Å². The molecule has 0 aromatic heterocycles. The summed E-state index contributed by atoms with van der Waals surface area (Å²) < 4.78 is 0. The topological polar surface area (TPSA) is 57.5 Å². The molecule has 3 rings (SSSR count). The van der Waals surface area contributed by atoms with Gasteiger partial charge in [0.1, 0.15) is 0 Å². The molecule has 0 saturated heterocycles. The number of benzene rings is 2. The van der Waals surface area contributed by atoms with E-state index >= 15 is 0 Å². The fourth-order valence-corrected chi connectivity index (χ4v) is 3.84. The smallest absolute Gasteiger partial charge is 0.423 e. The zero-order valence-electron chi connectivity index (χ0n) is 12.7. The van der Waals surface area contributed by atoms with Gasteiger partial charge in [0.25, 0.3) is 0 Å². The Kier molecular flexibility index (Phi) is 3.38. The summed E-state index contributed by atoms with van der Waals surface area (Å²) in [5.74, 6) is 0.0255. The Labute approximate surface area is 124 Å². The zero-order valence-corrected chi connectivity index (χ0v) is 12.7. The number of ketones is 1. The van der Waals surface area contributed by atoms with Gasteiger partial charge in [0.05, 0.1) is 0 Å². The van der Waals surface area contributed by atoms with Crippen LogP contribution in [0.1, 0.15) is 46.0 Å². The van der Waals surface area contributed by atoms with Gasteiger partial charge in [-0.15, -0.1) is 0 Å². The fourth-order valence-electron chi connectivity index (χ4n) is 3.84. The molecule has 0 fully saturated rings. The van der Waals surface area contributed by atoms with Crippen molar-refractivity contribution < 1.29 is 14.8 Å². The van der Waals surface area contributed by atoms with Crippen LogP contribution >= 0.6 is 0 Å². The lowest BCUT2D eigenvalue weighted by Gasteiger charge is -2.19. The molecule has 0 heterocycles. The second-order valence-electron chi connectivity index (χ2n) is 5.96. The summed E-state index contributed by atoms with van der Waals surface area (Å²) in [6.45, 7) is 5.55. The van der Waals surface area contributed by atoms with Gasteiger partial charge in [0.2, 0.25) is 0 Å². The van der Waals surface area contributed by atoms with E-state index in [-0.39, 0.29) is 5.78 Å². The highest BCUT2D eigenvalue weighted by Crippen LogP contribution is 2.33. The van der Waals surface area contributed by atoms with Crippen LogP contribution in [0.2, 0.25) is 0 Å². The number of hydrogen-bond acceptors (Lipinski definition) is 3. The van der Waals surface area contributed by atoms with Crippen LogP contribution < -0.4 is 5.46 Å². The molecule has 108 valence electrons. The van der Waals surface area contributed by atoms with E-state index in [9.17, 15) is 14.8 Å². The Balaban J connectivity index is 2.56. The summed E-state index contributed by atoms with van der Waals surface area (Å²) in [5.41, 5.74) is 5.62. The average Bonchev–Trinajstić information content (AvgIpc) is 2.87. The highest BCUT2D eigenvalue weighted by Gasteiger charge is 2.28. The van der Waals surface area contributed by atoms with E-state index in [0.29, 0.717) is 11.0 Å². The first kappa shape index (κ1) is 14.3. The van der Waals surface area contributed by atoms with Crippen LogP contribution in [-0.2, 0) is 12.8 Å². The Morgan fingerprint density at radius 3 is 2.43 bits per heavy atom. The second kappa shape index (κ2) is 4.97. The first-order valence-corrected chi connectivity index (χ1v) is 7.38. The Morgan fingerprint density at radius 1 is 1.14 bits per heavy atom. The lowest BCUT2D eigenvalue weighted by molar-refractivity contribution is 0.101. The van der Waals surface area contributed by atoms with Crippen LogP contribution in [0.25, 0.3) is 10.8 Å². The predicted octanol–water partition coefficient (Wildman–Crippen LogP) is 1.83. The highest BCUT2D eigenvalue weighted by atomic mass is 16.4. The first-order valence-electron chi connectivity index (χ1n) is 7.38. The molecule has 0 radical (unpaired) electrons. The average molecular weight is 282 g/mol. The van der Waals surface area contributed by atoms with Crippen molar-refractivity contribution in [3.8, 4) is 0 Å². The van der Waals surface area contributed by atoms with Crippen molar-refractivity contribution >= 4 is 29.1 Å². The Hall–Kier alpha value is -1.65. The van der Waals surface area contributed by atoms with Crippen LogP contribution in [0.5, 0.6) is 0 Å². The number of fused-ring (bicyclic) bond motifs is 2. The van der Waals surface area contributed by atoms with E-state index in [2.05, 4.69) is 0 Å². The highest BCUT2D eigenvalue weighted by molar-refractivity contribution is 6.63. The third-order valence-electron chi connectivity index (χ3n) is 4.68. The summed E-state index contributed by atoms with van der Waals surface area (Å²) in [6, 6.07) is 3.81. The Morgan fingerprint density at radius 2 is 1.81 bits per heavy atom. The maximum atomic E-state index is 12.1. The SMILES string of the molecule is CC(=O)c1c(C)ccc2c(B(O)O)c3c(c(C)c12)CCC3. The van der Waals surface area contributed by atoms with E-state index in [4.69, 9.17) is 0 Å². The molecular formula is C17H19BO3. The monoisotopic (exact) mass is 282 g/mol. The number of carbonyl (C=O) groups is 1. The quantitative estimate of drug-likeness (QED) is 0.652. The van der Waals surface area contributed by atoms with Gasteiger partial charge in [-0.2, -0.15) is 0 Å². The van der Waals surface area contributed by atoms with E-state index in [1.807, 2.05) is 26.0 Å². The molecule has 0 amide bonds. The van der Waals surface area contributed by atoms with Gasteiger partial charge in [0, 0.05) is 5.56 Å². The minimum Gasteiger partial charge on any atom is -0.423 e. The van der Waals surface area contributed by atoms with Crippen LogP contribution in [0.3, 0.4) is 0 Å². The van der Waals surface area contributed by atoms with Crippen LogP contribution in [0, 0.1) is 13.8 Å². The van der Waals surface area contributed by atoms with Crippen molar-refractivity contribution in [2.45, 2.75) is 40.0 Å². The van der Waals surface area contributed by atoms with Gasteiger partial charge >= 0.3 is 7.12 Å². The Bertz CT molecular complexity index is 763. The minimum absolute atomic E-state index is 0.0255. The molecule has 0 atom stereocenters. The lowest BCUT2D eigenvalue weighted by atomic mass is 9.71. The summed E-state index contributed by atoms with van der Waals surface area (Å²) in [4.78, 5) is 12.1. The van der Waals surface area contributed by atoms with Crippen LogP contribution in [0.4, 0.5) is 0 Å².